The van der Waals surface area contributed by atoms with E-state index in [1.165, 1.54) is 25.3 Å². The number of anilines is 2. The zero-order chi connectivity index (χ0) is 10.3. The molecule has 0 aromatic heterocycles. The number of halogens is 1. The second kappa shape index (κ2) is 3.40. The quantitative estimate of drug-likeness (QED) is 0.682. The molecule has 2 nitrogen and oxygen atoms in total. The molecular formula is C12H15FN2. The molecule has 3 rings (SSSR count). The molecule has 1 saturated carbocycles. The molecule has 1 aliphatic carbocycles. The van der Waals surface area contributed by atoms with Gasteiger partial charge in [-0.3, -0.25) is 0 Å². The van der Waals surface area contributed by atoms with Crippen LogP contribution in [-0.4, -0.2) is 12.6 Å². The van der Waals surface area contributed by atoms with Gasteiger partial charge in [-0.2, -0.15) is 0 Å². The lowest BCUT2D eigenvalue weighted by Crippen LogP contribution is -2.25. The maximum Gasteiger partial charge on any atom is 0.148 e. The first-order valence-corrected chi connectivity index (χ1v) is 5.63. The van der Waals surface area contributed by atoms with Crippen LogP contribution in [0.5, 0.6) is 0 Å². The van der Waals surface area contributed by atoms with Crippen LogP contribution in [0.1, 0.15) is 19.3 Å². The van der Waals surface area contributed by atoms with E-state index >= 15 is 0 Å². The summed E-state index contributed by atoms with van der Waals surface area (Å²) < 4.78 is 13.5. The van der Waals surface area contributed by atoms with Crippen LogP contribution in [0.3, 0.4) is 0 Å². The number of nitrogens with one attached hydrogen (secondary N) is 2. The number of hydrogen-bond donors (Lipinski definition) is 2. The summed E-state index contributed by atoms with van der Waals surface area (Å²) in [4.78, 5) is 0. The molecule has 80 valence electrons. The second-order valence-corrected chi connectivity index (χ2v) is 4.49. The molecule has 1 aromatic rings. The number of hydrogen-bond acceptors (Lipinski definition) is 2. The molecule has 1 aromatic carbocycles. The molecule has 3 heteroatoms. The first-order chi connectivity index (χ1) is 7.34. The summed E-state index contributed by atoms with van der Waals surface area (Å²) in [7, 11) is 0. The molecule has 1 aliphatic heterocycles. The van der Waals surface area contributed by atoms with E-state index in [2.05, 4.69) is 10.6 Å². The van der Waals surface area contributed by atoms with E-state index in [-0.39, 0.29) is 5.82 Å². The van der Waals surface area contributed by atoms with Gasteiger partial charge in [-0.25, -0.2) is 4.39 Å². The first-order valence-electron chi connectivity index (χ1n) is 5.63. The Morgan fingerprint density at radius 1 is 1.27 bits per heavy atom. The van der Waals surface area contributed by atoms with E-state index in [1.54, 1.807) is 6.07 Å². The lowest BCUT2D eigenvalue weighted by molar-refractivity contribution is 0.536. The van der Waals surface area contributed by atoms with E-state index < -0.39 is 0 Å². The van der Waals surface area contributed by atoms with Crippen molar-refractivity contribution in [3.05, 3.63) is 24.0 Å². The van der Waals surface area contributed by atoms with Crippen LogP contribution in [0, 0.1) is 11.7 Å². The lowest BCUT2D eigenvalue weighted by Gasteiger charge is -2.17. The Balaban J connectivity index is 1.97. The van der Waals surface area contributed by atoms with E-state index in [4.69, 9.17) is 0 Å². The van der Waals surface area contributed by atoms with E-state index in [9.17, 15) is 4.39 Å². The molecule has 0 saturated heterocycles. The Morgan fingerprint density at radius 2 is 2.20 bits per heavy atom. The molecule has 0 spiro atoms. The van der Waals surface area contributed by atoms with Gasteiger partial charge in [0.1, 0.15) is 5.82 Å². The van der Waals surface area contributed by atoms with E-state index in [1.807, 2.05) is 6.07 Å². The normalized spacial score (nSPS) is 28.3. The summed E-state index contributed by atoms with van der Waals surface area (Å²) in [6.45, 7) is 0.894. The molecule has 15 heavy (non-hydrogen) atoms. The largest absolute Gasteiger partial charge is 0.381 e. The maximum atomic E-state index is 13.5. The van der Waals surface area contributed by atoms with Crippen molar-refractivity contribution in [1.82, 2.24) is 0 Å². The lowest BCUT2D eigenvalue weighted by atomic mass is 10.0. The van der Waals surface area contributed by atoms with Gasteiger partial charge in [0.25, 0.3) is 0 Å². The average Bonchev–Trinajstić information content (AvgIpc) is 2.58. The van der Waals surface area contributed by atoms with Crippen LogP contribution >= 0.6 is 0 Å². The van der Waals surface area contributed by atoms with Crippen molar-refractivity contribution < 1.29 is 4.39 Å². The Bertz CT molecular complexity index is 378. The summed E-state index contributed by atoms with van der Waals surface area (Å²) in [5, 5.41) is 6.69. The van der Waals surface area contributed by atoms with Gasteiger partial charge >= 0.3 is 0 Å². The van der Waals surface area contributed by atoms with Crippen molar-refractivity contribution in [1.29, 1.82) is 0 Å². The smallest absolute Gasteiger partial charge is 0.148 e. The highest BCUT2D eigenvalue weighted by molar-refractivity contribution is 5.70. The molecule has 1 fully saturated rings. The van der Waals surface area contributed by atoms with Crippen molar-refractivity contribution in [2.75, 3.05) is 17.2 Å². The van der Waals surface area contributed by atoms with Gasteiger partial charge in [0, 0.05) is 12.6 Å². The fraction of sp³-hybridized carbons (Fsp3) is 0.500. The van der Waals surface area contributed by atoms with Crippen molar-refractivity contribution in [2.45, 2.75) is 25.3 Å². The molecular weight excluding hydrogens is 191 g/mol. The Labute approximate surface area is 88.9 Å². The van der Waals surface area contributed by atoms with Gasteiger partial charge in [-0.15, -0.1) is 0 Å². The van der Waals surface area contributed by atoms with Gasteiger partial charge in [0.15, 0.2) is 0 Å². The molecule has 1 heterocycles. The third-order valence-corrected chi connectivity index (χ3v) is 3.55. The molecule has 2 unspecified atom stereocenters. The number of rotatable bonds is 0. The van der Waals surface area contributed by atoms with E-state index in [0.29, 0.717) is 17.6 Å². The summed E-state index contributed by atoms with van der Waals surface area (Å²) >= 11 is 0. The van der Waals surface area contributed by atoms with Crippen molar-refractivity contribution in [3.8, 4) is 0 Å². The number of benzene rings is 1. The topological polar surface area (TPSA) is 24.1 Å². The minimum Gasteiger partial charge on any atom is -0.381 e. The van der Waals surface area contributed by atoms with Crippen molar-refractivity contribution in [3.63, 3.8) is 0 Å². The van der Waals surface area contributed by atoms with Crippen LogP contribution in [0.25, 0.3) is 0 Å². The highest BCUT2D eigenvalue weighted by Gasteiger charge is 2.30. The van der Waals surface area contributed by atoms with Crippen molar-refractivity contribution in [2.24, 2.45) is 5.92 Å². The van der Waals surface area contributed by atoms with Gasteiger partial charge in [-0.1, -0.05) is 12.5 Å². The molecule has 2 aliphatic rings. The van der Waals surface area contributed by atoms with Gasteiger partial charge in [-0.05, 0) is 30.9 Å². The van der Waals surface area contributed by atoms with Crippen molar-refractivity contribution >= 4 is 11.4 Å². The van der Waals surface area contributed by atoms with Crippen LogP contribution in [-0.2, 0) is 0 Å². The third-order valence-electron chi connectivity index (χ3n) is 3.55. The van der Waals surface area contributed by atoms with Gasteiger partial charge in [0.05, 0.1) is 11.4 Å². The highest BCUT2D eigenvalue weighted by atomic mass is 19.1. The number of fused-ring (bicyclic) bond motifs is 2. The zero-order valence-corrected chi connectivity index (χ0v) is 8.59. The first kappa shape index (κ1) is 9.01. The monoisotopic (exact) mass is 206 g/mol. The third kappa shape index (κ3) is 1.46. The SMILES string of the molecule is Fc1cccc2c1NCC1CCCC1N2. The number of para-hydroxylation sites is 1. The predicted molar refractivity (Wildman–Crippen MR) is 59.6 cm³/mol. The highest BCUT2D eigenvalue weighted by Crippen LogP contribution is 2.35. The fourth-order valence-electron chi connectivity index (χ4n) is 2.73. The molecule has 0 amide bonds. The molecule has 2 N–H and O–H groups in total. The molecule has 0 radical (unpaired) electrons. The summed E-state index contributed by atoms with van der Waals surface area (Å²) in [6, 6.07) is 5.75. The minimum absolute atomic E-state index is 0.153. The predicted octanol–water partition coefficient (Wildman–Crippen LogP) is 2.83. The Kier molecular flexibility index (Phi) is 2.04. The van der Waals surface area contributed by atoms with E-state index in [0.717, 1.165) is 12.2 Å². The Morgan fingerprint density at radius 3 is 3.13 bits per heavy atom. The zero-order valence-electron chi connectivity index (χ0n) is 8.59. The van der Waals surface area contributed by atoms with Crippen LogP contribution < -0.4 is 10.6 Å². The van der Waals surface area contributed by atoms with Crippen LogP contribution in [0.2, 0.25) is 0 Å². The maximum absolute atomic E-state index is 13.5. The summed E-state index contributed by atoms with van der Waals surface area (Å²) in [5.74, 6) is 0.497. The molecule has 0 bridgehead atoms. The van der Waals surface area contributed by atoms with Gasteiger partial charge in [0.2, 0.25) is 0 Å². The second-order valence-electron chi connectivity index (χ2n) is 4.49. The summed E-state index contributed by atoms with van der Waals surface area (Å²) in [5.41, 5.74) is 1.57. The minimum atomic E-state index is -0.153. The standard InChI is InChI=1S/C12H15FN2/c13-9-4-2-6-11-12(9)14-7-8-3-1-5-10(8)15-11/h2,4,6,8,10,14-15H,1,3,5,7H2. The van der Waals surface area contributed by atoms with Gasteiger partial charge < -0.3 is 10.6 Å². The molecule has 2 atom stereocenters. The van der Waals surface area contributed by atoms with Crippen LogP contribution in [0.4, 0.5) is 15.8 Å². The fourth-order valence-corrected chi connectivity index (χ4v) is 2.73. The summed E-state index contributed by atoms with van der Waals surface area (Å²) in [6.07, 6.45) is 3.75. The van der Waals surface area contributed by atoms with Crippen LogP contribution in [0.15, 0.2) is 18.2 Å². The average molecular weight is 206 g/mol. The Hall–Kier alpha value is -1.25.